The Morgan fingerprint density at radius 1 is 1.03 bits per heavy atom. The lowest BCUT2D eigenvalue weighted by molar-refractivity contribution is -0.134. The number of aryl methyl sites for hydroxylation is 2. The molecule has 5 heteroatoms. The fourth-order valence-electron chi connectivity index (χ4n) is 4.27. The molecule has 0 saturated heterocycles. The zero-order valence-corrected chi connectivity index (χ0v) is 19.1. The van der Waals surface area contributed by atoms with Gasteiger partial charge in [0, 0.05) is 23.5 Å². The van der Waals surface area contributed by atoms with E-state index in [2.05, 4.69) is 30.5 Å². The Hall–Kier alpha value is -2.92. The molecule has 1 aliphatic rings. The predicted molar refractivity (Wildman–Crippen MR) is 126 cm³/mol. The van der Waals surface area contributed by atoms with E-state index in [0.717, 1.165) is 17.5 Å². The normalized spacial score (nSPS) is 15.5. The molecule has 2 aromatic carbocycles. The van der Waals surface area contributed by atoms with Crippen molar-refractivity contribution in [2.75, 3.05) is 19.6 Å². The van der Waals surface area contributed by atoms with Gasteiger partial charge in [-0.25, -0.2) is 0 Å². The number of nitrogens with zero attached hydrogens (tertiary/aromatic N) is 2. The summed E-state index contributed by atoms with van der Waals surface area (Å²) in [6.45, 7) is 7.26. The molecular weight excluding hydrogens is 404 g/mol. The van der Waals surface area contributed by atoms with Crippen molar-refractivity contribution in [2.45, 2.75) is 33.2 Å². The fourth-order valence-corrected chi connectivity index (χ4v) is 5.18. The van der Waals surface area contributed by atoms with Gasteiger partial charge in [-0.05, 0) is 67.5 Å². The lowest BCUT2D eigenvalue weighted by Gasteiger charge is -2.38. The second-order valence-corrected chi connectivity index (χ2v) is 9.08. The standard InChI is InChI=1S/C26H28N2O2S/c1-4-27(26(30)20-11-9-18(2)10-12-20)17-24(29)28-15-13-23-22(14-16-31-23)25(28)21-8-6-5-7-19(21)3/h5-12,14,16,25H,4,13,15,17H2,1-3H3. The van der Waals surface area contributed by atoms with Gasteiger partial charge in [-0.2, -0.15) is 0 Å². The number of hydrogen-bond acceptors (Lipinski definition) is 3. The Morgan fingerprint density at radius 2 is 1.77 bits per heavy atom. The van der Waals surface area contributed by atoms with E-state index >= 15 is 0 Å². The summed E-state index contributed by atoms with van der Waals surface area (Å²) in [5, 5.41) is 2.11. The molecule has 1 aliphatic heterocycles. The molecule has 1 unspecified atom stereocenters. The Labute approximate surface area is 188 Å². The van der Waals surface area contributed by atoms with Crippen LogP contribution < -0.4 is 0 Å². The first-order valence-corrected chi connectivity index (χ1v) is 11.6. The third kappa shape index (κ3) is 4.28. The smallest absolute Gasteiger partial charge is 0.254 e. The van der Waals surface area contributed by atoms with Crippen LogP contribution in [-0.2, 0) is 11.2 Å². The Kier molecular flexibility index (Phi) is 6.23. The molecule has 2 amide bonds. The summed E-state index contributed by atoms with van der Waals surface area (Å²) >= 11 is 1.76. The number of likely N-dealkylation sites (N-methyl/N-ethyl adjacent to an activating group) is 1. The molecule has 4 rings (SSSR count). The Balaban J connectivity index is 1.61. The third-order valence-corrected chi connectivity index (χ3v) is 7.06. The fraction of sp³-hybridized carbons (Fsp3) is 0.308. The largest absolute Gasteiger partial charge is 0.330 e. The Bertz CT molecular complexity index is 1090. The van der Waals surface area contributed by atoms with Gasteiger partial charge in [0.15, 0.2) is 0 Å². The van der Waals surface area contributed by atoms with Gasteiger partial charge in [-0.15, -0.1) is 11.3 Å². The topological polar surface area (TPSA) is 40.6 Å². The van der Waals surface area contributed by atoms with Crippen LogP contribution in [0, 0.1) is 13.8 Å². The van der Waals surface area contributed by atoms with Crippen LogP contribution in [0.15, 0.2) is 60.0 Å². The molecule has 0 bridgehead atoms. The first-order chi connectivity index (χ1) is 15.0. The summed E-state index contributed by atoms with van der Waals surface area (Å²) in [6.07, 6.45) is 0.860. The van der Waals surface area contributed by atoms with E-state index in [-0.39, 0.29) is 24.4 Å². The highest BCUT2D eigenvalue weighted by atomic mass is 32.1. The maximum Gasteiger partial charge on any atom is 0.254 e. The van der Waals surface area contributed by atoms with Crippen LogP contribution in [0.4, 0.5) is 0 Å². The molecule has 0 aliphatic carbocycles. The summed E-state index contributed by atoms with van der Waals surface area (Å²) in [5.41, 5.74) is 5.27. The molecule has 1 atom stereocenters. The first kappa shape index (κ1) is 21.3. The number of amides is 2. The highest BCUT2D eigenvalue weighted by Gasteiger charge is 2.34. The Morgan fingerprint density at radius 3 is 2.48 bits per heavy atom. The SMILES string of the molecule is CCN(CC(=O)N1CCc2sccc2C1c1ccccc1C)C(=O)c1ccc(C)cc1. The van der Waals surface area contributed by atoms with Crippen molar-refractivity contribution in [1.29, 1.82) is 0 Å². The summed E-state index contributed by atoms with van der Waals surface area (Å²) < 4.78 is 0. The molecular formula is C26H28N2O2S. The predicted octanol–water partition coefficient (Wildman–Crippen LogP) is 5.00. The van der Waals surface area contributed by atoms with E-state index in [1.807, 2.05) is 55.1 Å². The van der Waals surface area contributed by atoms with Crippen molar-refractivity contribution < 1.29 is 9.59 Å². The molecule has 1 aromatic heterocycles. The van der Waals surface area contributed by atoms with Crippen LogP contribution in [0.25, 0.3) is 0 Å². The molecule has 3 aromatic rings. The van der Waals surface area contributed by atoms with Crippen molar-refractivity contribution in [3.8, 4) is 0 Å². The molecule has 0 fully saturated rings. The van der Waals surface area contributed by atoms with Crippen molar-refractivity contribution in [3.05, 3.63) is 92.7 Å². The average Bonchev–Trinajstić information content (AvgIpc) is 3.26. The number of carbonyl (C=O) groups is 2. The minimum atomic E-state index is -0.100. The van der Waals surface area contributed by atoms with E-state index in [0.29, 0.717) is 18.7 Å². The zero-order chi connectivity index (χ0) is 22.0. The quantitative estimate of drug-likeness (QED) is 0.569. The lowest BCUT2D eigenvalue weighted by atomic mass is 9.90. The van der Waals surface area contributed by atoms with Crippen LogP contribution in [0.1, 0.15) is 50.5 Å². The van der Waals surface area contributed by atoms with Gasteiger partial charge in [0.1, 0.15) is 6.54 Å². The van der Waals surface area contributed by atoms with Crippen molar-refractivity contribution in [3.63, 3.8) is 0 Å². The summed E-state index contributed by atoms with van der Waals surface area (Å²) in [6, 6.07) is 17.8. The molecule has 0 N–H and O–H groups in total. The van der Waals surface area contributed by atoms with Gasteiger partial charge < -0.3 is 9.80 Å². The van der Waals surface area contributed by atoms with Crippen molar-refractivity contribution in [2.24, 2.45) is 0 Å². The highest BCUT2D eigenvalue weighted by Crippen LogP contribution is 2.39. The summed E-state index contributed by atoms with van der Waals surface area (Å²) in [4.78, 5) is 31.5. The molecule has 4 nitrogen and oxygen atoms in total. The second-order valence-electron chi connectivity index (χ2n) is 8.08. The van der Waals surface area contributed by atoms with Crippen LogP contribution in [0.3, 0.4) is 0 Å². The molecule has 2 heterocycles. The van der Waals surface area contributed by atoms with Gasteiger partial charge in [-0.1, -0.05) is 42.0 Å². The molecule has 31 heavy (non-hydrogen) atoms. The van der Waals surface area contributed by atoms with Crippen LogP contribution in [0.5, 0.6) is 0 Å². The van der Waals surface area contributed by atoms with E-state index in [1.54, 1.807) is 16.2 Å². The minimum absolute atomic E-state index is 0.00702. The number of benzene rings is 2. The van der Waals surface area contributed by atoms with E-state index in [4.69, 9.17) is 0 Å². The molecule has 160 valence electrons. The monoisotopic (exact) mass is 432 g/mol. The average molecular weight is 433 g/mol. The van der Waals surface area contributed by atoms with E-state index in [9.17, 15) is 9.59 Å². The second kappa shape index (κ2) is 9.06. The van der Waals surface area contributed by atoms with Gasteiger partial charge in [0.2, 0.25) is 5.91 Å². The number of rotatable bonds is 5. The van der Waals surface area contributed by atoms with Gasteiger partial charge in [0.05, 0.1) is 6.04 Å². The number of hydrogen-bond donors (Lipinski definition) is 0. The van der Waals surface area contributed by atoms with E-state index in [1.165, 1.54) is 16.0 Å². The number of thiophene rings is 1. The summed E-state index contributed by atoms with van der Waals surface area (Å²) in [7, 11) is 0. The van der Waals surface area contributed by atoms with Crippen LogP contribution in [-0.4, -0.2) is 41.2 Å². The number of fused-ring (bicyclic) bond motifs is 1. The highest BCUT2D eigenvalue weighted by molar-refractivity contribution is 7.10. The van der Waals surface area contributed by atoms with Crippen LogP contribution >= 0.6 is 11.3 Å². The third-order valence-electron chi connectivity index (χ3n) is 6.06. The molecule has 0 saturated carbocycles. The first-order valence-electron chi connectivity index (χ1n) is 10.8. The minimum Gasteiger partial charge on any atom is -0.330 e. The van der Waals surface area contributed by atoms with Crippen molar-refractivity contribution >= 4 is 23.2 Å². The van der Waals surface area contributed by atoms with Crippen molar-refractivity contribution in [1.82, 2.24) is 9.80 Å². The molecule has 0 radical (unpaired) electrons. The number of carbonyl (C=O) groups excluding carboxylic acids is 2. The lowest BCUT2D eigenvalue weighted by Crippen LogP contribution is -2.46. The zero-order valence-electron chi connectivity index (χ0n) is 18.3. The van der Waals surface area contributed by atoms with Gasteiger partial charge in [0.25, 0.3) is 5.91 Å². The van der Waals surface area contributed by atoms with E-state index < -0.39 is 0 Å². The van der Waals surface area contributed by atoms with Crippen LogP contribution in [0.2, 0.25) is 0 Å². The summed E-state index contributed by atoms with van der Waals surface area (Å²) in [5.74, 6) is -0.107. The maximum absolute atomic E-state index is 13.5. The van der Waals surface area contributed by atoms with Gasteiger partial charge >= 0.3 is 0 Å². The van der Waals surface area contributed by atoms with Gasteiger partial charge in [-0.3, -0.25) is 9.59 Å². The maximum atomic E-state index is 13.5. The molecule has 0 spiro atoms.